The zero-order chi connectivity index (χ0) is 24.6. The Hall–Kier alpha value is -3.29. The number of nitrogens with zero attached hydrogens (tertiary/aromatic N) is 1. The summed E-state index contributed by atoms with van der Waals surface area (Å²) in [6.07, 6.45) is 0. The first-order chi connectivity index (χ1) is 16.3. The monoisotopic (exact) mass is 541 g/mol. The Morgan fingerprint density at radius 3 is 2.29 bits per heavy atom. The van der Waals surface area contributed by atoms with Crippen LogP contribution in [0.3, 0.4) is 0 Å². The number of Topliss-reactive ketones (excluding diaryl/α,β-unsaturated/α-hetero) is 1. The molecular formula is C26H21BrClNO5. The summed E-state index contributed by atoms with van der Waals surface area (Å²) in [5.74, 6) is -0.817. The summed E-state index contributed by atoms with van der Waals surface area (Å²) < 4.78 is 11.1. The highest BCUT2D eigenvalue weighted by molar-refractivity contribution is 9.10. The molecule has 3 aromatic rings. The standard InChI is InChI=1S/C26H21BrClNO5/c1-14-6-4-5-7-17(14)23-22(24(30)15-8-10-20(33-2)18(27)12-15)25(31)26(32)29(23)16-9-11-21(34-3)19(28)13-16/h4-13,23,30H,1-3H3/b24-22+. The number of aliphatic hydroxyl groups excluding tert-OH is 1. The normalized spacial score (nSPS) is 17.2. The van der Waals surface area contributed by atoms with E-state index in [0.29, 0.717) is 37.8 Å². The van der Waals surface area contributed by atoms with Crippen LogP contribution in [0.1, 0.15) is 22.7 Å². The van der Waals surface area contributed by atoms with Gasteiger partial charge >= 0.3 is 0 Å². The summed E-state index contributed by atoms with van der Waals surface area (Å²) in [7, 11) is 3.02. The highest BCUT2D eigenvalue weighted by Gasteiger charge is 2.47. The van der Waals surface area contributed by atoms with Crippen molar-refractivity contribution in [1.82, 2.24) is 0 Å². The number of halogens is 2. The van der Waals surface area contributed by atoms with E-state index in [1.807, 2.05) is 31.2 Å². The van der Waals surface area contributed by atoms with E-state index in [0.717, 1.165) is 5.56 Å². The Bertz CT molecular complexity index is 1340. The minimum Gasteiger partial charge on any atom is -0.507 e. The van der Waals surface area contributed by atoms with E-state index in [9.17, 15) is 14.7 Å². The molecule has 3 aromatic carbocycles. The lowest BCUT2D eigenvalue weighted by atomic mass is 9.92. The van der Waals surface area contributed by atoms with Gasteiger partial charge in [-0.3, -0.25) is 14.5 Å². The zero-order valence-corrected chi connectivity index (χ0v) is 21.0. The van der Waals surface area contributed by atoms with Gasteiger partial charge in [-0.05, 0) is 70.4 Å². The van der Waals surface area contributed by atoms with Crippen molar-refractivity contribution in [2.75, 3.05) is 19.1 Å². The molecule has 1 N–H and O–H groups in total. The third kappa shape index (κ3) is 4.06. The van der Waals surface area contributed by atoms with Crippen LogP contribution >= 0.6 is 27.5 Å². The van der Waals surface area contributed by atoms with E-state index in [-0.39, 0.29) is 11.3 Å². The number of anilines is 1. The summed E-state index contributed by atoms with van der Waals surface area (Å²) in [5.41, 5.74) is 2.35. The first-order valence-corrected chi connectivity index (χ1v) is 11.5. The second kappa shape index (κ2) is 9.52. The number of carbonyl (C=O) groups is 2. The van der Waals surface area contributed by atoms with E-state index < -0.39 is 17.7 Å². The van der Waals surface area contributed by atoms with Crippen LogP contribution in [0.2, 0.25) is 5.02 Å². The molecule has 8 heteroatoms. The van der Waals surface area contributed by atoms with Gasteiger partial charge in [0.2, 0.25) is 0 Å². The van der Waals surface area contributed by atoms with Gasteiger partial charge in [-0.15, -0.1) is 0 Å². The Morgan fingerprint density at radius 1 is 1.00 bits per heavy atom. The average Bonchev–Trinajstić information content (AvgIpc) is 3.09. The molecule has 0 aliphatic carbocycles. The van der Waals surface area contributed by atoms with Crippen molar-refractivity contribution in [3.8, 4) is 11.5 Å². The molecule has 6 nitrogen and oxygen atoms in total. The van der Waals surface area contributed by atoms with Gasteiger partial charge < -0.3 is 14.6 Å². The molecule has 1 fully saturated rings. The molecule has 1 heterocycles. The molecule has 1 amide bonds. The van der Waals surface area contributed by atoms with Gasteiger partial charge in [0.25, 0.3) is 11.7 Å². The van der Waals surface area contributed by atoms with Crippen LogP contribution < -0.4 is 14.4 Å². The molecular weight excluding hydrogens is 522 g/mol. The molecule has 1 aliphatic rings. The van der Waals surface area contributed by atoms with Crippen molar-refractivity contribution in [2.45, 2.75) is 13.0 Å². The molecule has 1 atom stereocenters. The van der Waals surface area contributed by atoms with E-state index in [2.05, 4.69) is 15.9 Å². The minimum atomic E-state index is -0.855. The maximum Gasteiger partial charge on any atom is 0.300 e. The van der Waals surface area contributed by atoms with E-state index in [1.165, 1.54) is 19.1 Å². The average molecular weight is 543 g/mol. The number of amides is 1. The van der Waals surface area contributed by atoms with E-state index in [1.54, 1.807) is 36.4 Å². The fourth-order valence-electron chi connectivity index (χ4n) is 4.06. The summed E-state index contributed by atoms with van der Waals surface area (Å²) in [4.78, 5) is 28.0. The molecule has 0 radical (unpaired) electrons. The number of methoxy groups -OCH3 is 2. The van der Waals surface area contributed by atoms with Crippen LogP contribution in [-0.4, -0.2) is 31.0 Å². The summed E-state index contributed by atoms with van der Waals surface area (Å²) in [6, 6.07) is 16.4. The number of ketones is 1. The fourth-order valence-corrected chi connectivity index (χ4v) is 4.85. The fraction of sp³-hybridized carbons (Fsp3) is 0.154. The first-order valence-electron chi connectivity index (χ1n) is 10.3. The SMILES string of the molecule is COc1ccc(N2C(=O)C(=O)/C(=C(/O)c3ccc(OC)c(Br)c3)C2c2ccccc2C)cc1Cl. The van der Waals surface area contributed by atoms with Crippen LogP contribution in [0, 0.1) is 6.92 Å². The Morgan fingerprint density at radius 2 is 1.68 bits per heavy atom. The van der Waals surface area contributed by atoms with Gasteiger partial charge in [-0.2, -0.15) is 0 Å². The van der Waals surface area contributed by atoms with Crippen LogP contribution in [0.15, 0.2) is 70.7 Å². The smallest absolute Gasteiger partial charge is 0.300 e. The van der Waals surface area contributed by atoms with Gasteiger partial charge in [0.05, 0.1) is 35.3 Å². The molecule has 174 valence electrons. The number of hydrogen-bond acceptors (Lipinski definition) is 5. The Labute approximate surface area is 210 Å². The number of aryl methyl sites for hydroxylation is 1. The van der Waals surface area contributed by atoms with Crippen LogP contribution in [0.25, 0.3) is 5.76 Å². The highest BCUT2D eigenvalue weighted by Crippen LogP contribution is 2.44. The molecule has 1 saturated heterocycles. The van der Waals surface area contributed by atoms with Crippen LogP contribution in [-0.2, 0) is 9.59 Å². The molecule has 4 rings (SSSR count). The highest BCUT2D eigenvalue weighted by atomic mass is 79.9. The minimum absolute atomic E-state index is 0.0108. The Balaban J connectivity index is 1.96. The quantitative estimate of drug-likeness (QED) is 0.241. The van der Waals surface area contributed by atoms with Crippen molar-refractivity contribution in [3.05, 3.63) is 92.4 Å². The predicted octanol–water partition coefficient (Wildman–Crippen LogP) is 6.05. The van der Waals surface area contributed by atoms with Crippen molar-refractivity contribution in [1.29, 1.82) is 0 Å². The lowest BCUT2D eigenvalue weighted by Gasteiger charge is -2.27. The summed E-state index contributed by atoms with van der Waals surface area (Å²) >= 11 is 9.74. The molecule has 1 aliphatic heterocycles. The van der Waals surface area contributed by atoms with Crippen LogP contribution in [0.5, 0.6) is 11.5 Å². The number of ether oxygens (including phenoxy) is 2. The van der Waals surface area contributed by atoms with E-state index >= 15 is 0 Å². The van der Waals surface area contributed by atoms with E-state index in [4.69, 9.17) is 21.1 Å². The third-order valence-electron chi connectivity index (χ3n) is 5.77. The van der Waals surface area contributed by atoms with Crippen molar-refractivity contribution >= 4 is 50.7 Å². The van der Waals surface area contributed by atoms with Gasteiger partial charge in [0.15, 0.2) is 0 Å². The molecule has 0 saturated carbocycles. The van der Waals surface area contributed by atoms with Gasteiger partial charge in [0.1, 0.15) is 17.3 Å². The largest absolute Gasteiger partial charge is 0.507 e. The second-order valence-corrected chi connectivity index (χ2v) is 8.96. The van der Waals surface area contributed by atoms with Crippen molar-refractivity contribution in [2.24, 2.45) is 0 Å². The number of aliphatic hydroxyl groups is 1. The van der Waals surface area contributed by atoms with Crippen LogP contribution in [0.4, 0.5) is 5.69 Å². The topological polar surface area (TPSA) is 76.1 Å². The third-order valence-corrected chi connectivity index (χ3v) is 6.68. The van der Waals surface area contributed by atoms with Crippen molar-refractivity contribution < 1.29 is 24.2 Å². The van der Waals surface area contributed by atoms with Crippen molar-refractivity contribution in [3.63, 3.8) is 0 Å². The molecule has 0 spiro atoms. The summed E-state index contributed by atoms with van der Waals surface area (Å²) in [6.45, 7) is 1.89. The first kappa shape index (κ1) is 23.9. The van der Waals surface area contributed by atoms with Gasteiger partial charge in [-0.1, -0.05) is 35.9 Å². The lowest BCUT2D eigenvalue weighted by Crippen LogP contribution is -2.29. The zero-order valence-electron chi connectivity index (χ0n) is 18.6. The second-order valence-electron chi connectivity index (χ2n) is 7.69. The van der Waals surface area contributed by atoms with Gasteiger partial charge in [-0.25, -0.2) is 0 Å². The molecule has 0 aromatic heterocycles. The van der Waals surface area contributed by atoms with Gasteiger partial charge in [0, 0.05) is 11.3 Å². The summed E-state index contributed by atoms with van der Waals surface area (Å²) in [5, 5.41) is 11.6. The molecule has 0 bridgehead atoms. The predicted molar refractivity (Wildman–Crippen MR) is 135 cm³/mol. The lowest BCUT2D eigenvalue weighted by molar-refractivity contribution is -0.132. The number of rotatable bonds is 5. The maximum atomic E-state index is 13.3. The maximum absolute atomic E-state index is 13.3. The molecule has 34 heavy (non-hydrogen) atoms. The number of carbonyl (C=O) groups excluding carboxylic acids is 2. The number of benzene rings is 3. The molecule has 1 unspecified atom stereocenters. The Kier molecular flexibility index (Phi) is 6.68. The number of hydrogen-bond donors (Lipinski definition) is 1.